The summed E-state index contributed by atoms with van der Waals surface area (Å²) < 4.78 is 0.890. The summed E-state index contributed by atoms with van der Waals surface area (Å²) in [4.78, 5) is 10.3. The molecule has 2 rings (SSSR count). The molecule has 1 fully saturated rings. The number of nitro benzene ring substituents is 1. The zero-order chi connectivity index (χ0) is 13.0. The molecule has 0 saturated carbocycles. The number of hydrogen-bond acceptors (Lipinski definition) is 4. The molecular weight excluding hydrogens is 345 g/mol. The summed E-state index contributed by atoms with van der Waals surface area (Å²) in [6.45, 7) is 2.02. The van der Waals surface area contributed by atoms with Gasteiger partial charge in [-0.1, -0.05) is 0 Å². The molecule has 98 valence electrons. The van der Waals surface area contributed by atoms with E-state index in [-0.39, 0.29) is 10.6 Å². The molecule has 0 amide bonds. The van der Waals surface area contributed by atoms with Gasteiger partial charge in [-0.3, -0.25) is 10.1 Å². The van der Waals surface area contributed by atoms with Gasteiger partial charge in [0, 0.05) is 34.0 Å². The van der Waals surface area contributed by atoms with E-state index in [2.05, 4.69) is 33.2 Å². The van der Waals surface area contributed by atoms with Gasteiger partial charge in [0.15, 0.2) is 0 Å². The van der Waals surface area contributed by atoms with E-state index in [0.29, 0.717) is 6.04 Å². The topological polar surface area (TPSA) is 67.2 Å². The van der Waals surface area contributed by atoms with Crippen molar-refractivity contribution in [3.8, 4) is 0 Å². The maximum atomic E-state index is 10.6. The van der Waals surface area contributed by atoms with Gasteiger partial charge in [-0.15, -0.1) is 0 Å². The minimum atomic E-state index is -0.367. The highest BCUT2D eigenvalue weighted by Crippen LogP contribution is 2.23. The number of non-ortho nitro benzene ring substituents is 1. The summed E-state index contributed by atoms with van der Waals surface area (Å²) in [7, 11) is 0. The molecule has 0 unspecified atom stereocenters. The van der Waals surface area contributed by atoms with Crippen molar-refractivity contribution in [3.63, 3.8) is 0 Å². The van der Waals surface area contributed by atoms with Crippen LogP contribution in [-0.4, -0.2) is 24.1 Å². The van der Waals surface area contributed by atoms with Crippen LogP contribution in [0.4, 0.5) is 11.4 Å². The highest BCUT2D eigenvalue weighted by molar-refractivity contribution is 14.1. The Bertz CT molecular complexity index is 433. The standard InChI is InChI=1S/C12H16IN3O2/c13-11-8-10(16(17)18)3-4-12(11)15-7-5-9-2-1-6-14-9/h3-4,8-9,14-15H,1-2,5-7H2/t9-/m0/s1. The Labute approximate surface area is 120 Å². The lowest BCUT2D eigenvalue weighted by atomic mass is 10.1. The summed E-state index contributed by atoms with van der Waals surface area (Å²) in [5.41, 5.74) is 1.11. The predicted octanol–water partition coefficient (Wildman–Crippen LogP) is 2.75. The molecule has 1 aromatic carbocycles. The Morgan fingerprint density at radius 2 is 2.39 bits per heavy atom. The highest BCUT2D eigenvalue weighted by Gasteiger charge is 2.13. The average Bonchev–Trinajstić information content (AvgIpc) is 2.84. The van der Waals surface area contributed by atoms with Gasteiger partial charge in [-0.05, 0) is 54.5 Å². The largest absolute Gasteiger partial charge is 0.384 e. The van der Waals surface area contributed by atoms with Gasteiger partial charge >= 0.3 is 0 Å². The number of rotatable bonds is 5. The minimum Gasteiger partial charge on any atom is -0.384 e. The van der Waals surface area contributed by atoms with E-state index in [0.717, 1.165) is 28.8 Å². The molecule has 1 heterocycles. The number of nitrogens with one attached hydrogen (secondary N) is 2. The van der Waals surface area contributed by atoms with Crippen molar-refractivity contribution in [1.29, 1.82) is 0 Å². The Morgan fingerprint density at radius 1 is 1.56 bits per heavy atom. The molecule has 0 bridgehead atoms. The fourth-order valence-corrected chi connectivity index (χ4v) is 2.83. The van der Waals surface area contributed by atoms with E-state index in [4.69, 9.17) is 0 Å². The molecule has 1 aliphatic heterocycles. The SMILES string of the molecule is O=[N+]([O-])c1ccc(NCC[C@@H]2CCCN2)c(I)c1. The number of halogens is 1. The second-order valence-corrected chi connectivity index (χ2v) is 5.59. The van der Waals surface area contributed by atoms with E-state index in [1.165, 1.54) is 18.9 Å². The van der Waals surface area contributed by atoms with Crippen molar-refractivity contribution < 1.29 is 4.92 Å². The third kappa shape index (κ3) is 3.55. The monoisotopic (exact) mass is 361 g/mol. The van der Waals surface area contributed by atoms with E-state index in [9.17, 15) is 10.1 Å². The summed E-state index contributed by atoms with van der Waals surface area (Å²) >= 11 is 2.12. The Morgan fingerprint density at radius 3 is 3.00 bits per heavy atom. The average molecular weight is 361 g/mol. The van der Waals surface area contributed by atoms with E-state index in [1.807, 2.05) is 0 Å². The van der Waals surface area contributed by atoms with Crippen molar-refractivity contribution in [2.24, 2.45) is 0 Å². The smallest absolute Gasteiger partial charge is 0.270 e. The van der Waals surface area contributed by atoms with Gasteiger partial charge in [-0.2, -0.15) is 0 Å². The molecule has 5 nitrogen and oxygen atoms in total. The lowest BCUT2D eigenvalue weighted by Gasteiger charge is -2.12. The summed E-state index contributed by atoms with van der Waals surface area (Å²) in [5.74, 6) is 0. The Kier molecular flexibility index (Phi) is 4.76. The maximum absolute atomic E-state index is 10.6. The lowest BCUT2D eigenvalue weighted by Crippen LogP contribution is -2.24. The number of nitrogens with zero attached hydrogens (tertiary/aromatic N) is 1. The van der Waals surface area contributed by atoms with E-state index < -0.39 is 0 Å². The molecule has 0 spiro atoms. The third-order valence-electron chi connectivity index (χ3n) is 3.13. The fraction of sp³-hybridized carbons (Fsp3) is 0.500. The molecule has 1 aromatic rings. The zero-order valence-corrected chi connectivity index (χ0v) is 12.1. The van der Waals surface area contributed by atoms with Crippen LogP contribution in [0.3, 0.4) is 0 Å². The third-order valence-corrected chi connectivity index (χ3v) is 4.03. The van der Waals surface area contributed by atoms with Crippen molar-refractivity contribution >= 4 is 34.0 Å². The van der Waals surface area contributed by atoms with Crippen molar-refractivity contribution in [1.82, 2.24) is 5.32 Å². The Hall–Kier alpha value is -0.890. The molecule has 1 saturated heterocycles. The normalized spacial score (nSPS) is 18.8. The molecule has 1 aliphatic rings. The van der Waals surface area contributed by atoms with Crippen LogP contribution in [0.25, 0.3) is 0 Å². The maximum Gasteiger partial charge on any atom is 0.270 e. The van der Waals surface area contributed by atoms with Crippen LogP contribution in [0.1, 0.15) is 19.3 Å². The zero-order valence-electron chi connectivity index (χ0n) is 9.99. The Balaban J connectivity index is 1.87. The minimum absolute atomic E-state index is 0.141. The summed E-state index contributed by atoms with van der Waals surface area (Å²) in [5, 5.41) is 17.4. The van der Waals surface area contributed by atoms with Gasteiger partial charge in [0.1, 0.15) is 0 Å². The first-order valence-electron chi connectivity index (χ1n) is 6.08. The number of hydrogen-bond donors (Lipinski definition) is 2. The quantitative estimate of drug-likeness (QED) is 0.481. The first-order chi connectivity index (χ1) is 8.66. The molecule has 1 atom stereocenters. The van der Waals surface area contributed by atoms with Crippen molar-refractivity contribution in [2.45, 2.75) is 25.3 Å². The van der Waals surface area contributed by atoms with Gasteiger partial charge in [0.05, 0.1) is 4.92 Å². The van der Waals surface area contributed by atoms with Crippen LogP contribution >= 0.6 is 22.6 Å². The summed E-state index contributed by atoms with van der Waals surface area (Å²) in [6, 6.07) is 5.53. The van der Waals surface area contributed by atoms with Gasteiger partial charge < -0.3 is 10.6 Å². The highest BCUT2D eigenvalue weighted by atomic mass is 127. The number of benzene rings is 1. The molecule has 0 aromatic heterocycles. The number of anilines is 1. The van der Waals surface area contributed by atoms with E-state index in [1.54, 1.807) is 12.1 Å². The van der Waals surface area contributed by atoms with Crippen LogP contribution in [0.2, 0.25) is 0 Å². The van der Waals surface area contributed by atoms with Crippen LogP contribution in [0.15, 0.2) is 18.2 Å². The van der Waals surface area contributed by atoms with Crippen molar-refractivity contribution in [2.75, 3.05) is 18.4 Å². The van der Waals surface area contributed by atoms with Crippen LogP contribution in [-0.2, 0) is 0 Å². The van der Waals surface area contributed by atoms with Crippen LogP contribution in [0, 0.1) is 13.7 Å². The molecule has 6 heteroatoms. The van der Waals surface area contributed by atoms with Gasteiger partial charge in [-0.25, -0.2) is 0 Å². The first kappa shape index (κ1) is 13.5. The van der Waals surface area contributed by atoms with Gasteiger partial charge in [0.2, 0.25) is 0 Å². The molecule has 18 heavy (non-hydrogen) atoms. The first-order valence-corrected chi connectivity index (χ1v) is 7.16. The van der Waals surface area contributed by atoms with E-state index >= 15 is 0 Å². The second-order valence-electron chi connectivity index (χ2n) is 4.43. The second kappa shape index (κ2) is 6.33. The lowest BCUT2D eigenvalue weighted by molar-refractivity contribution is -0.384. The van der Waals surface area contributed by atoms with Crippen LogP contribution < -0.4 is 10.6 Å². The van der Waals surface area contributed by atoms with Crippen LogP contribution in [0.5, 0.6) is 0 Å². The number of nitro groups is 1. The molecular formula is C12H16IN3O2. The fourth-order valence-electron chi connectivity index (χ4n) is 2.15. The van der Waals surface area contributed by atoms with Gasteiger partial charge in [0.25, 0.3) is 5.69 Å². The summed E-state index contributed by atoms with van der Waals surface area (Å²) in [6.07, 6.45) is 3.60. The van der Waals surface area contributed by atoms with Crippen molar-refractivity contribution in [3.05, 3.63) is 31.9 Å². The molecule has 0 aliphatic carbocycles. The molecule has 0 radical (unpaired) electrons. The predicted molar refractivity (Wildman–Crippen MR) is 79.9 cm³/mol. The molecule has 2 N–H and O–H groups in total.